The Morgan fingerprint density at radius 3 is 2.62 bits per heavy atom. The number of thiophene rings is 1. The van der Waals surface area contributed by atoms with E-state index in [1.54, 1.807) is 35.2 Å². The van der Waals surface area contributed by atoms with Crippen LogP contribution in [0, 0.1) is 0 Å². The Kier molecular flexibility index (Phi) is 4.86. The number of hydrogen-bond acceptors (Lipinski definition) is 4. The van der Waals surface area contributed by atoms with Crippen molar-refractivity contribution in [3.63, 3.8) is 0 Å². The van der Waals surface area contributed by atoms with Crippen molar-refractivity contribution in [1.29, 1.82) is 0 Å². The predicted molar refractivity (Wildman–Crippen MR) is 115 cm³/mol. The molecule has 5 nitrogen and oxygen atoms in total. The summed E-state index contributed by atoms with van der Waals surface area (Å²) in [6.45, 7) is 0.880. The molecule has 3 aromatic rings. The smallest absolute Gasteiger partial charge is 0.405 e. The van der Waals surface area contributed by atoms with Gasteiger partial charge in [0.2, 0.25) is 5.91 Å². The second kappa shape index (κ2) is 7.38. The predicted octanol–water partition coefficient (Wildman–Crippen LogP) is 5.22. The van der Waals surface area contributed by atoms with Gasteiger partial charge in [0.1, 0.15) is 10.6 Å². The highest BCUT2D eigenvalue weighted by Crippen LogP contribution is 2.42. The molecular weight excluding hydrogens is 465 g/mol. The van der Waals surface area contributed by atoms with Crippen LogP contribution in [-0.4, -0.2) is 41.7 Å². The summed E-state index contributed by atoms with van der Waals surface area (Å²) in [7, 11) is 0. The van der Waals surface area contributed by atoms with Crippen molar-refractivity contribution in [3.8, 4) is 16.9 Å². The maximum atomic E-state index is 13.0. The number of benzene rings is 2. The van der Waals surface area contributed by atoms with E-state index in [0.29, 0.717) is 51.5 Å². The fourth-order valence-corrected chi connectivity index (χ4v) is 5.79. The zero-order valence-electron chi connectivity index (χ0n) is 16.5. The highest BCUT2D eigenvalue weighted by Gasteiger charge is 2.49. The zero-order chi connectivity index (χ0) is 22.7. The monoisotopic (exact) mass is 480 g/mol. The topological polar surface area (TPSA) is 58.6 Å². The maximum Gasteiger partial charge on any atom is 0.573 e. The number of likely N-dealkylation sites (tertiary alicyclic amines) is 1. The highest BCUT2D eigenvalue weighted by atomic mass is 35.5. The van der Waals surface area contributed by atoms with Crippen molar-refractivity contribution >= 4 is 44.8 Å². The number of carbonyl (C=O) groups is 2. The Bertz CT molecular complexity index is 1250. The minimum Gasteiger partial charge on any atom is -0.405 e. The number of rotatable bonds is 3. The van der Waals surface area contributed by atoms with Crippen LogP contribution in [0.4, 0.5) is 13.2 Å². The number of alkyl halides is 3. The number of hydrogen-bond donors (Lipinski definition) is 1. The first-order valence-corrected chi connectivity index (χ1v) is 11.0. The lowest BCUT2D eigenvalue weighted by molar-refractivity contribution is -0.274. The standard InChI is InChI=1S/C22H16ClF3N2O3S/c23-18-14-6-5-12(13-3-1-2-4-15(13)31-22(24,25)26)9-16(14)32-19(18)20(30)28-10-21(11-28)8-7-17(29)27-21/h1-6,9H,7-8,10-11H2,(H,27,29). The first-order chi connectivity index (χ1) is 15.1. The van der Waals surface area contributed by atoms with Gasteiger partial charge in [0.15, 0.2) is 0 Å². The molecule has 0 saturated carbocycles. The van der Waals surface area contributed by atoms with Crippen LogP contribution in [0.25, 0.3) is 21.2 Å². The van der Waals surface area contributed by atoms with Crippen LogP contribution < -0.4 is 10.1 Å². The van der Waals surface area contributed by atoms with Crippen LogP contribution >= 0.6 is 22.9 Å². The quantitative estimate of drug-likeness (QED) is 0.559. The van der Waals surface area contributed by atoms with Gasteiger partial charge in [-0.15, -0.1) is 24.5 Å². The van der Waals surface area contributed by atoms with Gasteiger partial charge < -0.3 is 15.0 Å². The third-order valence-corrected chi connectivity index (χ3v) is 7.40. The molecule has 2 fully saturated rings. The zero-order valence-corrected chi connectivity index (χ0v) is 18.0. The lowest BCUT2D eigenvalue weighted by Gasteiger charge is -2.47. The number of fused-ring (bicyclic) bond motifs is 1. The molecular formula is C22H16ClF3N2O3S. The van der Waals surface area contributed by atoms with Crippen LogP contribution in [0.15, 0.2) is 42.5 Å². The molecule has 0 unspecified atom stereocenters. The molecule has 2 aliphatic heterocycles. The Balaban J connectivity index is 1.44. The second-order valence-electron chi connectivity index (χ2n) is 7.99. The molecule has 10 heteroatoms. The van der Waals surface area contributed by atoms with E-state index in [-0.39, 0.29) is 28.7 Å². The summed E-state index contributed by atoms with van der Waals surface area (Å²) in [4.78, 5) is 26.5. The van der Waals surface area contributed by atoms with E-state index < -0.39 is 6.36 Å². The van der Waals surface area contributed by atoms with Crippen LogP contribution in [0.5, 0.6) is 5.75 Å². The van der Waals surface area contributed by atoms with Gasteiger partial charge in [0, 0.05) is 35.2 Å². The van der Waals surface area contributed by atoms with Gasteiger partial charge in [-0.05, 0) is 24.1 Å². The largest absolute Gasteiger partial charge is 0.573 e. The lowest BCUT2D eigenvalue weighted by atomic mass is 9.88. The first kappa shape index (κ1) is 21.1. The van der Waals surface area contributed by atoms with E-state index in [2.05, 4.69) is 10.1 Å². The summed E-state index contributed by atoms with van der Waals surface area (Å²) in [5.74, 6) is -0.521. The summed E-state index contributed by atoms with van der Waals surface area (Å²) in [6, 6.07) is 10.9. The SMILES string of the molecule is O=C1CCC2(CN(C(=O)c3sc4cc(-c5ccccc5OC(F)(F)F)ccc4c3Cl)C2)N1. The average molecular weight is 481 g/mol. The van der Waals surface area contributed by atoms with Gasteiger partial charge in [0.25, 0.3) is 5.91 Å². The lowest BCUT2D eigenvalue weighted by Crippen LogP contribution is -2.68. The van der Waals surface area contributed by atoms with Crippen LogP contribution in [0.1, 0.15) is 22.5 Å². The Hall–Kier alpha value is -2.78. The third kappa shape index (κ3) is 3.69. The van der Waals surface area contributed by atoms with E-state index in [1.807, 2.05) is 0 Å². The molecule has 5 rings (SSSR count). The van der Waals surface area contributed by atoms with Gasteiger partial charge in [0.05, 0.1) is 10.6 Å². The van der Waals surface area contributed by atoms with Gasteiger partial charge in [-0.1, -0.05) is 41.9 Å². The molecule has 1 spiro atoms. The van der Waals surface area contributed by atoms with Gasteiger partial charge in [-0.2, -0.15) is 0 Å². The fourth-order valence-electron chi connectivity index (χ4n) is 4.27. The van der Waals surface area contributed by atoms with Crippen LogP contribution in [-0.2, 0) is 4.79 Å². The van der Waals surface area contributed by atoms with Gasteiger partial charge in [-0.25, -0.2) is 0 Å². The van der Waals surface area contributed by atoms with Crippen molar-refractivity contribution in [2.75, 3.05) is 13.1 Å². The molecule has 166 valence electrons. The molecule has 0 radical (unpaired) electrons. The highest BCUT2D eigenvalue weighted by molar-refractivity contribution is 7.21. The molecule has 2 aliphatic rings. The van der Waals surface area contributed by atoms with E-state index >= 15 is 0 Å². The normalized spacial score (nSPS) is 17.5. The number of ether oxygens (including phenoxy) is 1. The summed E-state index contributed by atoms with van der Waals surface area (Å²) < 4.78 is 43.2. The van der Waals surface area contributed by atoms with Crippen molar-refractivity contribution in [2.45, 2.75) is 24.7 Å². The minimum atomic E-state index is -4.81. The maximum absolute atomic E-state index is 13.0. The molecule has 2 saturated heterocycles. The summed E-state index contributed by atoms with van der Waals surface area (Å²) >= 11 is 7.68. The summed E-state index contributed by atoms with van der Waals surface area (Å²) in [5, 5.41) is 3.91. The first-order valence-electron chi connectivity index (χ1n) is 9.82. The number of halogens is 4. The Labute approximate surface area is 189 Å². The average Bonchev–Trinajstić information content (AvgIpc) is 3.26. The Morgan fingerprint density at radius 2 is 1.94 bits per heavy atom. The number of nitrogens with zero attached hydrogens (tertiary/aromatic N) is 1. The van der Waals surface area contributed by atoms with Crippen molar-refractivity contribution in [3.05, 3.63) is 52.4 Å². The number of nitrogens with one attached hydrogen (secondary N) is 1. The summed E-state index contributed by atoms with van der Waals surface area (Å²) in [5.41, 5.74) is 0.474. The van der Waals surface area contributed by atoms with Crippen molar-refractivity contribution in [2.24, 2.45) is 0 Å². The number of para-hydroxylation sites is 1. The number of carbonyl (C=O) groups excluding carboxylic acids is 2. The van der Waals surface area contributed by atoms with E-state index in [4.69, 9.17) is 11.6 Å². The van der Waals surface area contributed by atoms with Crippen LogP contribution in [0.3, 0.4) is 0 Å². The molecule has 3 heterocycles. The Morgan fingerprint density at radius 1 is 1.19 bits per heavy atom. The molecule has 1 aromatic heterocycles. The molecule has 32 heavy (non-hydrogen) atoms. The molecule has 2 aromatic carbocycles. The van der Waals surface area contributed by atoms with Gasteiger partial charge in [-0.3, -0.25) is 9.59 Å². The molecule has 2 amide bonds. The fraction of sp³-hybridized carbons (Fsp3) is 0.273. The molecule has 1 N–H and O–H groups in total. The second-order valence-corrected chi connectivity index (χ2v) is 9.42. The van der Waals surface area contributed by atoms with E-state index in [9.17, 15) is 22.8 Å². The molecule has 0 atom stereocenters. The van der Waals surface area contributed by atoms with E-state index in [1.165, 1.54) is 23.5 Å². The van der Waals surface area contributed by atoms with Crippen molar-refractivity contribution in [1.82, 2.24) is 10.2 Å². The number of amides is 2. The van der Waals surface area contributed by atoms with Gasteiger partial charge >= 0.3 is 6.36 Å². The third-order valence-electron chi connectivity index (χ3n) is 5.76. The molecule has 0 aliphatic carbocycles. The van der Waals surface area contributed by atoms with E-state index in [0.717, 1.165) is 0 Å². The molecule has 0 bridgehead atoms. The summed E-state index contributed by atoms with van der Waals surface area (Å²) in [6.07, 6.45) is -3.63. The van der Waals surface area contributed by atoms with Crippen molar-refractivity contribution < 1.29 is 27.5 Å². The van der Waals surface area contributed by atoms with Crippen LogP contribution in [0.2, 0.25) is 5.02 Å². The minimum absolute atomic E-state index is 0.000642.